The van der Waals surface area contributed by atoms with Crippen LogP contribution in [0.2, 0.25) is 0 Å². The summed E-state index contributed by atoms with van der Waals surface area (Å²) >= 11 is 1.66. The van der Waals surface area contributed by atoms with Gasteiger partial charge in [-0.15, -0.1) is 0 Å². The fourth-order valence-corrected chi connectivity index (χ4v) is 5.50. The summed E-state index contributed by atoms with van der Waals surface area (Å²) < 4.78 is 29.3. The molecule has 0 spiro atoms. The second kappa shape index (κ2) is 10.1. The van der Waals surface area contributed by atoms with Crippen LogP contribution < -0.4 is 20.1 Å². The molecule has 4 rings (SSSR count). The van der Waals surface area contributed by atoms with Crippen molar-refractivity contribution in [1.29, 1.82) is 0 Å². The van der Waals surface area contributed by atoms with Gasteiger partial charge in [0.15, 0.2) is 5.13 Å². The second-order valence-electron chi connectivity index (χ2n) is 8.05. The Bertz CT molecular complexity index is 1220. The Hall–Kier alpha value is -2.69. The number of anilines is 1. The number of thiazole rings is 1. The molecule has 0 bridgehead atoms. The van der Waals surface area contributed by atoms with Gasteiger partial charge in [-0.05, 0) is 62.1 Å². The number of carbonyl (C=O) groups is 1. The van der Waals surface area contributed by atoms with Crippen LogP contribution in [0.15, 0.2) is 47.4 Å². The molecular formula is C23H28N4O4S2. The highest BCUT2D eigenvalue weighted by molar-refractivity contribution is 7.89. The van der Waals surface area contributed by atoms with Crippen LogP contribution in [0.5, 0.6) is 5.75 Å². The van der Waals surface area contributed by atoms with Gasteiger partial charge < -0.3 is 15.0 Å². The Balaban J connectivity index is 1.25. The normalized spacial score (nSPS) is 15.0. The average Bonchev–Trinajstić information content (AvgIpc) is 3.22. The number of nitrogens with one attached hydrogen (secondary N) is 1. The molecule has 1 saturated heterocycles. The fraction of sp³-hybridized carbons (Fsp3) is 0.391. The molecule has 0 aliphatic carbocycles. The summed E-state index contributed by atoms with van der Waals surface area (Å²) in [7, 11) is -3.69. The van der Waals surface area contributed by atoms with Crippen LogP contribution in [-0.4, -0.2) is 45.6 Å². The molecule has 10 heteroatoms. The molecule has 176 valence electrons. The molecule has 0 saturated carbocycles. The zero-order valence-electron chi connectivity index (χ0n) is 18.5. The Morgan fingerprint density at radius 3 is 2.61 bits per heavy atom. The van der Waals surface area contributed by atoms with Crippen molar-refractivity contribution in [3.8, 4) is 5.75 Å². The van der Waals surface area contributed by atoms with Crippen LogP contribution in [0.25, 0.3) is 10.2 Å². The van der Waals surface area contributed by atoms with Crippen LogP contribution in [-0.2, 0) is 21.2 Å². The second-order valence-corrected chi connectivity index (χ2v) is 10.6. The van der Waals surface area contributed by atoms with E-state index in [1.807, 2.05) is 25.1 Å². The van der Waals surface area contributed by atoms with Crippen LogP contribution >= 0.6 is 11.3 Å². The number of nitrogens with zero attached hydrogens (tertiary/aromatic N) is 2. The van der Waals surface area contributed by atoms with Gasteiger partial charge in [-0.3, -0.25) is 4.79 Å². The summed E-state index contributed by atoms with van der Waals surface area (Å²) in [5, 5.41) is 9.12. The molecule has 1 aromatic heterocycles. The zero-order chi connectivity index (χ0) is 23.4. The molecular weight excluding hydrogens is 460 g/mol. The van der Waals surface area contributed by atoms with E-state index in [0.717, 1.165) is 52.6 Å². The zero-order valence-corrected chi connectivity index (χ0v) is 20.1. The number of amides is 1. The predicted octanol–water partition coefficient (Wildman–Crippen LogP) is 2.92. The van der Waals surface area contributed by atoms with E-state index in [9.17, 15) is 13.2 Å². The Morgan fingerprint density at radius 1 is 1.21 bits per heavy atom. The summed E-state index contributed by atoms with van der Waals surface area (Å²) in [6, 6.07) is 12.4. The third-order valence-corrected chi connectivity index (χ3v) is 7.77. The highest BCUT2D eigenvalue weighted by atomic mass is 32.2. The lowest BCUT2D eigenvalue weighted by Gasteiger charge is -2.31. The number of carbonyl (C=O) groups excluding carboxylic acids is 1. The van der Waals surface area contributed by atoms with Crippen molar-refractivity contribution >= 4 is 42.6 Å². The van der Waals surface area contributed by atoms with E-state index in [-0.39, 0.29) is 16.7 Å². The molecule has 1 aliphatic rings. The van der Waals surface area contributed by atoms with Crippen molar-refractivity contribution in [3.05, 3.63) is 48.0 Å². The van der Waals surface area contributed by atoms with Gasteiger partial charge in [-0.25, -0.2) is 18.5 Å². The number of sulfonamides is 1. The van der Waals surface area contributed by atoms with Gasteiger partial charge in [0.2, 0.25) is 15.9 Å². The molecule has 1 fully saturated rings. The molecule has 0 unspecified atom stereocenters. The van der Waals surface area contributed by atoms with Crippen molar-refractivity contribution in [2.45, 2.75) is 31.1 Å². The molecule has 0 atom stereocenters. The number of aromatic nitrogens is 1. The fourth-order valence-electron chi connectivity index (χ4n) is 3.94. The maximum Gasteiger partial charge on any atom is 0.238 e. The molecule has 2 heterocycles. The van der Waals surface area contributed by atoms with E-state index in [0.29, 0.717) is 19.6 Å². The van der Waals surface area contributed by atoms with Gasteiger partial charge in [0, 0.05) is 25.6 Å². The highest BCUT2D eigenvalue weighted by Crippen LogP contribution is 2.33. The lowest BCUT2D eigenvalue weighted by molar-refractivity contribution is -0.125. The smallest absolute Gasteiger partial charge is 0.238 e. The van der Waals surface area contributed by atoms with Gasteiger partial charge in [0.25, 0.3) is 0 Å². The SMILES string of the molecule is CCOc1ccc2nc(N3CCC(C(=O)NCCc4ccc(S(N)(=O)=O)cc4)CC3)sc2c1. The standard InChI is InChI=1S/C23H28N4O4S2/c1-2-31-18-5-8-20-21(15-18)32-23(26-20)27-13-10-17(11-14-27)22(28)25-12-9-16-3-6-19(7-4-16)33(24,29)30/h3-8,15,17H,2,9-14H2,1H3,(H,25,28)(H2,24,29,30). The van der Waals surface area contributed by atoms with Gasteiger partial charge in [0.05, 0.1) is 21.7 Å². The Morgan fingerprint density at radius 2 is 1.94 bits per heavy atom. The minimum atomic E-state index is -3.69. The molecule has 3 aromatic rings. The van der Waals surface area contributed by atoms with Gasteiger partial charge in [-0.1, -0.05) is 23.5 Å². The Kier molecular flexibility index (Phi) is 7.16. The average molecular weight is 489 g/mol. The van der Waals surface area contributed by atoms with E-state index in [2.05, 4.69) is 10.2 Å². The number of hydrogen-bond acceptors (Lipinski definition) is 7. The van der Waals surface area contributed by atoms with Crippen molar-refractivity contribution < 1.29 is 17.9 Å². The predicted molar refractivity (Wildman–Crippen MR) is 130 cm³/mol. The summed E-state index contributed by atoms with van der Waals surface area (Å²) in [6.45, 7) is 4.71. The molecule has 2 aromatic carbocycles. The van der Waals surface area contributed by atoms with Gasteiger partial charge in [0.1, 0.15) is 5.75 Å². The summed E-state index contributed by atoms with van der Waals surface area (Å²) in [6.07, 6.45) is 2.20. The quantitative estimate of drug-likeness (QED) is 0.504. The van der Waals surface area contributed by atoms with Crippen LogP contribution in [0.1, 0.15) is 25.3 Å². The molecule has 8 nitrogen and oxygen atoms in total. The third kappa shape index (κ3) is 5.82. The number of fused-ring (bicyclic) bond motifs is 1. The maximum atomic E-state index is 12.6. The molecule has 3 N–H and O–H groups in total. The molecule has 33 heavy (non-hydrogen) atoms. The number of rotatable bonds is 8. The first-order valence-electron chi connectivity index (χ1n) is 11.0. The minimum Gasteiger partial charge on any atom is -0.494 e. The largest absolute Gasteiger partial charge is 0.494 e. The monoisotopic (exact) mass is 488 g/mol. The van der Waals surface area contributed by atoms with E-state index in [1.54, 1.807) is 23.5 Å². The number of benzene rings is 2. The van der Waals surface area contributed by atoms with E-state index in [4.69, 9.17) is 14.9 Å². The van der Waals surface area contributed by atoms with Crippen LogP contribution in [0.4, 0.5) is 5.13 Å². The number of piperidine rings is 1. The number of ether oxygens (including phenoxy) is 1. The molecule has 1 aliphatic heterocycles. The number of hydrogen-bond donors (Lipinski definition) is 2. The lowest BCUT2D eigenvalue weighted by atomic mass is 9.96. The topological polar surface area (TPSA) is 115 Å². The van der Waals surface area contributed by atoms with E-state index in [1.165, 1.54) is 12.1 Å². The Labute approximate surface area is 197 Å². The van der Waals surface area contributed by atoms with Crippen LogP contribution in [0, 0.1) is 5.92 Å². The van der Waals surface area contributed by atoms with Crippen molar-refractivity contribution in [3.63, 3.8) is 0 Å². The first kappa shape index (κ1) is 23.5. The van der Waals surface area contributed by atoms with Gasteiger partial charge >= 0.3 is 0 Å². The summed E-state index contributed by atoms with van der Waals surface area (Å²) in [4.78, 5) is 19.7. The van der Waals surface area contributed by atoms with E-state index >= 15 is 0 Å². The number of nitrogens with two attached hydrogens (primary N) is 1. The van der Waals surface area contributed by atoms with Crippen molar-refractivity contribution in [2.75, 3.05) is 31.1 Å². The van der Waals surface area contributed by atoms with Crippen LogP contribution in [0.3, 0.4) is 0 Å². The molecule has 1 amide bonds. The molecule has 0 radical (unpaired) electrons. The maximum absolute atomic E-state index is 12.6. The first-order chi connectivity index (χ1) is 15.8. The minimum absolute atomic E-state index is 0.00931. The third-order valence-electron chi connectivity index (χ3n) is 5.76. The summed E-state index contributed by atoms with van der Waals surface area (Å²) in [5.74, 6) is 0.919. The summed E-state index contributed by atoms with van der Waals surface area (Å²) in [5.41, 5.74) is 1.91. The van der Waals surface area contributed by atoms with E-state index < -0.39 is 10.0 Å². The highest BCUT2D eigenvalue weighted by Gasteiger charge is 2.26. The first-order valence-corrected chi connectivity index (χ1v) is 13.4. The van der Waals surface area contributed by atoms with Gasteiger partial charge in [-0.2, -0.15) is 0 Å². The van der Waals surface area contributed by atoms with Crippen molar-refractivity contribution in [1.82, 2.24) is 10.3 Å². The van der Waals surface area contributed by atoms with Crippen molar-refractivity contribution in [2.24, 2.45) is 11.1 Å². The lowest BCUT2D eigenvalue weighted by Crippen LogP contribution is -2.41. The number of primary sulfonamides is 1.